The molecule has 132 valence electrons. The van der Waals surface area contributed by atoms with E-state index < -0.39 is 6.10 Å². The van der Waals surface area contributed by atoms with E-state index in [0.717, 1.165) is 22.3 Å². The first-order chi connectivity index (χ1) is 11.8. The number of para-hydroxylation sites is 1. The SMILES string of the molecule is Cc1cc(C(C)(C)C)ccc1OC[C@H](O)Cn1nnc2ccccc21. The molecule has 1 heterocycles. The Bertz CT molecular complexity index is 865. The normalized spacial score (nSPS) is 13.2. The van der Waals surface area contributed by atoms with Gasteiger partial charge in [0.15, 0.2) is 0 Å². The van der Waals surface area contributed by atoms with Gasteiger partial charge in [0.05, 0.1) is 12.1 Å². The molecule has 2 aromatic carbocycles. The third kappa shape index (κ3) is 3.99. The first-order valence-corrected chi connectivity index (χ1v) is 8.55. The van der Waals surface area contributed by atoms with Gasteiger partial charge in [-0.2, -0.15) is 0 Å². The Morgan fingerprint density at radius 3 is 2.64 bits per heavy atom. The molecule has 0 unspecified atom stereocenters. The number of rotatable bonds is 5. The molecule has 1 N–H and O–H groups in total. The van der Waals surface area contributed by atoms with Crippen LogP contribution in [0.3, 0.4) is 0 Å². The van der Waals surface area contributed by atoms with Gasteiger partial charge in [-0.1, -0.05) is 50.3 Å². The minimum absolute atomic E-state index is 0.108. The van der Waals surface area contributed by atoms with Crippen LogP contribution < -0.4 is 4.74 Å². The molecule has 0 aliphatic rings. The number of ether oxygens (including phenoxy) is 1. The molecule has 0 saturated carbocycles. The third-order valence-corrected chi connectivity index (χ3v) is 4.28. The van der Waals surface area contributed by atoms with Gasteiger partial charge >= 0.3 is 0 Å². The highest BCUT2D eigenvalue weighted by molar-refractivity contribution is 5.73. The lowest BCUT2D eigenvalue weighted by Gasteiger charge is -2.21. The molecular weight excluding hydrogens is 314 g/mol. The van der Waals surface area contributed by atoms with Gasteiger partial charge in [-0.3, -0.25) is 0 Å². The van der Waals surface area contributed by atoms with E-state index in [-0.39, 0.29) is 12.0 Å². The van der Waals surface area contributed by atoms with Crippen molar-refractivity contribution in [2.75, 3.05) is 6.61 Å². The number of aromatic nitrogens is 3. The van der Waals surface area contributed by atoms with Gasteiger partial charge in [0.1, 0.15) is 24.0 Å². The zero-order valence-corrected chi connectivity index (χ0v) is 15.2. The largest absolute Gasteiger partial charge is 0.491 e. The molecule has 0 aliphatic heterocycles. The fraction of sp³-hybridized carbons (Fsp3) is 0.400. The second-order valence-corrected chi connectivity index (χ2v) is 7.46. The summed E-state index contributed by atoms with van der Waals surface area (Å²) < 4.78 is 7.52. The summed E-state index contributed by atoms with van der Waals surface area (Å²) in [6.45, 7) is 9.16. The van der Waals surface area contributed by atoms with Crippen LogP contribution in [-0.4, -0.2) is 32.8 Å². The predicted octanol–water partition coefficient (Wildman–Crippen LogP) is 3.48. The topological polar surface area (TPSA) is 60.2 Å². The standard InChI is InChI=1S/C20H25N3O2/c1-14-11-15(20(2,3)4)9-10-19(14)25-13-16(24)12-23-18-8-6-5-7-17(18)21-22-23/h5-11,16,24H,12-13H2,1-4H3/t16-/m1/s1. The van der Waals surface area contributed by atoms with Crippen molar-refractivity contribution in [3.63, 3.8) is 0 Å². The van der Waals surface area contributed by atoms with Crippen LogP contribution in [0, 0.1) is 6.92 Å². The summed E-state index contributed by atoms with van der Waals surface area (Å²) in [5.74, 6) is 0.801. The van der Waals surface area contributed by atoms with Crippen molar-refractivity contribution in [2.45, 2.75) is 45.8 Å². The maximum Gasteiger partial charge on any atom is 0.122 e. The number of benzene rings is 2. The molecule has 3 rings (SSSR count). The lowest BCUT2D eigenvalue weighted by atomic mass is 9.86. The van der Waals surface area contributed by atoms with E-state index in [1.807, 2.05) is 37.3 Å². The average Bonchev–Trinajstić information content (AvgIpc) is 2.96. The van der Waals surface area contributed by atoms with Crippen LogP contribution in [0.4, 0.5) is 0 Å². The molecule has 5 heteroatoms. The molecule has 0 radical (unpaired) electrons. The van der Waals surface area contributed by atoms with Crippen molar-refractivity contribution in [3.05, 3.63) is 53.6 Å². The fourth-order valence-corrected chi connectivity index (χ4v) is 2.77. The molecule has 1 aromatic heterocycles. The lowest BCUT2D eigenvalue weighted by molar-refractivity contribution is 0.0896. The van der Waals surface area contributed by atoms with E-state index in [1.165, 1.54) is 5.56 Å². The van der Waals surface area contributed by atoms with Gasteiger partial charge in [0.2, 0.25) is 0 Å². The molecule has 0 spiro atoms. The molecule has 0 amide bonds. The number of hydrogen-bond donors (Lipinski definition) is 1. The molecule has 1 atom stereocenters. The van der Waals surface area contributed by atoms with Crippen LogP contribution in [0.25, 0.3) is 11.0 Å². The smallest absolute Gasteiger partial charge is 0.122 e. The van der Waals surface area contributed by atoms with Gasteiger partial charge < -0.3 is 9.84 Å². The molecular formula is C20H25N3O2. The Hall–Kier alpha value is -2.40. The summed E-state index contributed by atoms with van der Waals surface area (Å²) in [5, 5.41) is 18.5. The number of hydrogen-bond acceptors (Lipinski definition) is 4. The van der Waals surface area contributed by atoms with Crippen LogP contribution >= 0.6 is 0 Å². The highest BCUT2D eigenvalue weighted by Gasteiger charge is 2.16. The van der Waals surface area contributed by atoms with Crippen molar-refractivity contribution >= 4 is 11.0 Å². The average molecular weight is 339 g/mol. The van der Waals surface area contributed by atoms with Crippen LogP contribution in [0.15, 0.2) is 42.5 Å². The quantitative estimate of drug-likeness (QED) is 0.773. The Morgan fingerprint density at radius 1 is 1.16 bits per heavy atom. The van der Waals surface area contributed by atoms with Gasteiger partial charge in [0.25, 0.3) is 0 Å². The first-order valence-electron chi connectivity index (χ1n) is 8.55. The van der Waals surface area contributed by atoms with Crippen molar-refractivity contribution < 1.29 is 9.84 Å². The van der Waals surface area contributed by atoms with E-state index in [0.29, 0.717) is 6.54 Å². The number of nitrogens with zero attached hydrogens (tertiary/aromatic N) is 3. The molecule has 0 aliphatic carbocycles. The molecule has 0 bridgehead atoms. The summed E-state index contributed by atoms with van der Waals surface area (Å²) in [6, 6.07) is 13.9. The van der Waals surface area contributed by atoms with Crippen molar-refractivity contribution in [2.24, 2.45) is 0 Å². The van der Waals surface area contributed by atoms with E-state index >= 15 is 0 Å². The van der Waals surface area contributed by atoms with Gasteiger partial charge in [-0.15, -0.1) is 5.10 Å². The maximum absolute atomic E-state index is 10.3. The molecule has 0 saturated heterocycles. The van der Waals surface area contributed by atoms with Crippen LogP contribution in [0.5, 0.6) is 5.75 Å². The van der Waals surface area contributed by atoms with Crippen LogP contribution in [-0.2, 0) is 12.0 Å². The lowest BCUT2D eigenvalue weighted by Crippen LogP contribution is -2.24. The summed E-state index contributed by atoms with van der Waals surface area (Å²) in [7, 11) is 0. The second kappa shape index (κ2) is 6.84. The summed E-state index contributed by atoms with van der Waals surface area (Å²) >= 11 is 0. The molecule has 0 fully saturated rings. The van der Waals surface area contributed by atoms with E-state index in [1.54, 1.807) is 4.68 Å². The zero-order chi connectivity index (χ0) is 18.0. The Kier molecular flexibility index (Phi) is 4.77. The van der Waals surface area contributed by atoms with Crippen molar-refractivity contribution in [1.82, 2.24) is 15.0 Å². The van der Waals surface area contributed by atoms with Crippen LogP contribution in [0.2, 0.25) is 0 Å². The Morgan fingerprint density at radius 2 is 1.92 bits per heavy atom. The highest BCUT2D eigenvalue weighted by atomic mass is 16.5. The van der Waals surface area contributed by atoms with E-state index in [2.05, 4.69) is 43.2 Å². The monoisotopic (exact) mass is 339 g/mol. The highest BCUT2D eigenvalue weighted by Crippen LogP contribution is 2.27. The summed E-state index contributed by atoms with van der Waals surface area (Å²) in [6.07, 6.45) is -0.660. The summed E-state index contributed by atoms with van der Waals surface area (Å²) in [4.78, 5) is 0. The Balaban J connectivity index is 1.63. The van der Waals surface area contributed by atoms with Gasteiger partial charge in [-0.05, 0) is 41.7 Å². The van der Waals surface area contributed by atoms with E-state index in [9.17, 15) is 5.11 Å². The van der Waals surface area contributed by atoms with Crippen molar-refractivity contribution in [3.8, 4) is 5.75 Å². The number of aryl methyl sites for hydroxylation is 1. The first kappa shape index (κ1) is 17.4. The molecule has 5 nitrogen and oxygen atoms in total. The summed E-state index contributed by atoms with van der Waals surface area (Å²) in [5.41, 5.74) is 4.19. The van der Waals surface area contributed by atoms with Crippen LogP contribution in [0.1, 0.15) is 31.9 Å². The third-order valence-electron chi connectivity index (χ3n) is 4.28. The van der Waals surface area contributed by atoms with Crippen molar-refractivity contribution in [1.29, 1.82) is 0 Å². The number of aliphatic hydroxyl groups excluding tert-OH is 1. The minimum Gasteiger partial charge on any atom is -0.491 e. The predicted molar refractivity (Wildman–Crippen MR) is 98.9 cm³/mol. The molecule has 25 heavy (non-hydrogen) atoms. The molecule has 3 aromatic rings. The zero-order valence-electron chi connectivity index (χ0n) is 15.2. The number of fused-ring (bicyclic) bond motifs is 1. The Labute approximate surface area is 148 Å². The second-order valence-electron chi connectivity index (χ2n) is 7.46. The fourth-order valence-electron chi connectivity index (χ4n) is 2.77. The van der Waals surface area contributed by atoms with E-state index in [4.69, 9.17) is 4.74 Å². The van der Waals surface area contributed by atoms with Gasteiger partial charge in [-0.25, -0.2) is 4.68 Å². The van der Waals surface area contributed by atoms with Gasteiger partial charge in [0, 0.05) is 0 Å². The minimum atomic E-state index is -0.660. The maximum atomic E-state index is 10.3. The number of aliphatic hydroxyl groups is 1.